The molecule has 1 heterocycles. The van der Waals surface area contributed by atoms with Gasteiger partial charge in [-0.15, -0.1) is 11.3 Å². The summed E-state index contributed by atoms with van der Waals surface area (Å²) in [7, 11) is 0. The van der Waals surface area contributed by atoms with Crippen LogP contribution in [-0.4, -0.2) is 32.4 Å². The Labute approximate surface area is 136 Å². The van der Waals surface area contributed by atoms with E-state index in [4.69, 9.17) is 5.11 Å². The Hall–Kier alpha value is -1.60. The first kappa shape index (κ1) is 16.8. The molecule has 2 unspecified atom stereocenters. The van der Waals surface area contributed by atoms with Crippen molar-refractivity contribution in [2.75, 3.05) is 0 Å². The van der Waals surface area contributed by atoms with Gasteiger partial charge in [0, 0.05) is 5.25 Å². The van der Waals surface area contributed by atoms with Gasteiger partial charge >= 0.3 is 11.9 Å². The first-order valence-corrected chi connectivity index (χ1v) is 8.67. The SMILES string of the molecule is CCCC(Sc1nc2ccccc2s1)C(CC(=O)O)C(=O)O. The molecule has 2 atom stereocenters. The molecule has 2 aromatic rings. The van der Waals surface area contributed by atoms with E-state index in [9.17, 15) is 14.7 Å². The summed E-state index contributed by atoms with van der Waals surface area (Å²) in [5.41, 5.74) is 0.885. The van der Waals surface area contributed by atoms with Gasteiger partial charge in [0.25, 0.3) is 0 Å². The topological polar surface area (TPSA) is 87.5 Å². The van der Waals surface area contributed by atoms with Crippen LogP contribution in [0.15, 0.2) is 28.6 Å². The molecule has 1 aromatic heterocycles. The lowest BCUT2D eigenvalue weighted by Gasteiger charge is -2.20. The molecule has 2 N–H and O–H groups in total. The second-order valence-electron chi connectivity index (χ2n) is 4.94. The van der Waals surface area contributed by atoms with Crippen molar-refractivity contribution in [2.45, 2.75) is 35.8 Å². The number of carboxylic acids is 2. The molecule has 118 valence electrons. The highest BCUT2D eigenvalue weighted by molar-refractivity contribution is 8.01. The number of nitrogens with zero attached hydrogens (tertiary/aromatic N) is 1. The average molecular weight is 339 g/mol. The fourth-order valence-electron chi connectivity index (χ4n) is 2.22. The number of thiazole rings is 1. The Morgan fingerprint density at radius 1 is 1.32 bits per heavy atom. The Morgan fingerprint density at radius 2 is 2.05 bits per heavy atom. The second kappa shape index (κ2) is 7.60. The fraction of sp³-hybridized carbons (Fsp3) is 0.400. The van der Waals surface area contributed by atoms with Gasteiger partial charge in [0.1, 0.15) is 0 Å². The van der Waals surface area contributed by atoms with Gasteiger partial charge in [-0.05, 0) is 18.6 Å². The normalized spacial score (nSPS) is 13.9. The van der Waals surface area contributed by atoms with Crippen molar-refractivity contribution in [3.63, 3.8) is 0 Å². The molecule has 7 heteroatoms. The van der Waals surface area contributed by atoms with Gasteiger partial charge in [0.05, 0.1) is 22.6 Å². The number of para-hydroxylation sites is 1. The quantitative estimate of drug-likeness (QED) is 0.713. The predicted molar refractivity (Wildman–Crippen MR) is 87.6 cm³/mol. The number of carbonyl (C=O) groups is 2. The zero-order valence-electron chi connectivity index (χ0n) is 12.1. The summed E-state index contributed by atoms with van der Waals surface area (Å²) in [4.78, 5) is 26.8. The van der Waals surface area contributed by atoms with Crippen molar-refractivity contribution >= 4 is 45.3 Å². The van der Waals surface area contributed by atoms with Gasteiger partial charge in [-0.3, -0.25) is 9.59 Å². The van der Waals surface area contributed by atoms with E-state index in [2.05, 4.69) is 4.98 Å². The van der Waals surface area contributed by atoms with Crippen molar-refractivity contribution in [2.24, 2.45) is 5.92 Å². The molecule has 0 fully saturated rings. The number of hydrogen-bond donors (Lipinski definition) is 2. The maximum Gasteiger partial charge on any atom is 0.308 e. The van der Waals surface area contributed by atoms with Gasteiger partial charge in [0.15, 0.2) is 4.34 Å². The molecule has 0 saturated heterocycles. The number of aromatic nitrogens is 1. The number of carboxylic acid groups (broad SMARTS) is 2. The van der Waals surface area contributed by atoms with E-state index >= 15 is 0 Å². The molecule has 22 heavy (non-hydrogen) atoms. The van der Waals surface area contributed by atoms with Crippen LogP contribution in [0, 0.1) is 5.92 Å². The molecule has 5 nitrogen and oxygen atoms in total. The van der Waals surface area contributed by atoms with Crippen molar-refractivity contribution in [1.29, 1.82) is 0 Å². The van der Waals surface area contributed by atoms with Crippen LogP contribution in [0.4, 0.5) is 0 Å². The maximum atomic E-state index is 11.4. The highest BCUT2D eigenvalue weighted by Crippen LogP contribution is 2.37. The van der Waals surface area contributed by atoms with Gasteiger partial charge in [-0.2, -0.15) is 0 Å². The van der Waals surface area contributed by atoms with Gasteiger partial charge in [0.2, 0.25) is 0 Å². The molecule has 0 spiro atoms. The Morgan fingerprint density at radius 3 is 2.64 bits per heavy atom. The highest BCUT2D eigenvalue weighted by atomic mass is 32.2. The Bertz CT molecular complexity index is 637. The number of hydrogen-bond acceptors (Lipinski definition) is 5. The fourth-order valence-corrected chi connectivity index (χ4v) is 4.89. The van der Waals surface area contributed by atoms with Crippen LogP contribution in [0.2, 0.25) is 0 Å². The second-order valence-corrected chi connectivity index (χ2v) is 7.45. The first-order chi connectivity index (χ1) is 10.5. The monoisotopic (exact) mass is 339 g/mol. The maximum absolute atomic E-state index is 11.4. The molecular formula is C15H17NO4S2. The number of fused-ring (bicyclic) bond motifs is 1. The first-order valence-electron chi connectivity index (χ1n) is 6.98. The van der Waals surface area contributed by atoms with E-state index in [1.165, 1.54) is 23.1 Å². The predicted octanol–water partition coefficient (Wildman–Crippen LogP) is 3.73. The largest absolute Gasteiger partial charge is 0.481 e. The lowest BCUT2D eigenvalue weighted by Crippen LogP contribution is -2.28. The molecule has 0 aliphatic heterocycles. The van der Waals surface area contributed by atoms with E-state index in [0.29, 0.717) is 6.42 Å². The van der Waals surface area contributed by atoms with Crippen molar-refractivity contribution in [3.05, 3.63) is 24.3 Å². The van der Waals surface area contributed by atoms with Crippen LogP contribution in [0.3, 0.4) is 0 Å². The number of rotatable bonds is 8. The standard InChI is InChI=1S/C15H17NO4S2/c1-2-5-11(9(14(19)20)8-13(17)18)21-15-16-10-6-3-4-7-12(10)22-15/h3-4,6-7,9,11H,2,5,8H2,1H3,(H,17,18)(H,19,20). The zero-order valence-corrected chi connectivity index (χ0v) is 13.7. The zero-order chi connectivity index (χ0) is 16.1. The average Bonchev–Trinajstić information content (AvgIpc) is 2.86. The van der Waals surface area contributed by atoms with Gasteiger partial charge in [-0.25, -0.2) is 4.98 Å². The van der Waals surface area contributed by atoms with E-state index in [0.717, 1.165) is 21.0 Å². The summed E-state index contributed by atoms with van der Waals surface area (Å²) >= 11 is 2.89. The van der Waals surface area contributed by atoms with Crippen LogP contribution in [0.25, 0.3) is 10.2 Å². The molecule has 0 amide bonds. The van der Waals surface area contributed by atoms with E-state index in [-0.39, 0.29) is 11.7 Å². The summed E-state index contributed by atoms with van der Waals surface area (Å²) in [6.45, 7) is 1.96. The highest BCUT2D eigenvalue weighted by Gasteiger charge is 2.31. The minimum absolute atomic E-state index is 0.292. The Balaban J connectivity index is 2.22. The molecule has 2 rings (SSSR count). The van der Waals surface area contributed by atoms with Crippen molar-refractivity contribution < 1.29 is 19.8 Å². The van der Waals surface area contributed by atoms with Crippen LogP contribution >= 0.6 is 23.1 Å². The van der Waals surface area contributed by atoms with Crippen molar-refractivity contribution in [3.8, 4) is 0 Å². The van der Waals surface area contributed by atoms with Gasteiger partial charge in [-0.1, -0.05) is 37.2 Å². The van der Waals surface area contributed by atoms with Crippen LogP contribution in [-0.2, 0) is 9.59 Å². The van der Waals surface area contributed by atoms with Crippen LogP contribution in [0.5, 0.6) is 0 Å². The third-order valence-electron chi connectivity index (χ3n) is 3.26. The van der Waals surface area contributed by atoms with Crippen LogP contribution < -0.4 is 0 Å². The molecular weight excluding hydrogens is 322 g/mol. The number of benzene rings is 1. The summed E-state index contributed by atoms with van der Waals surface area (Å²) in [5, 5.41) is 18.0. The summed E-state index contributed by atoms with van der Waals surface area (Å²) in [6, 6.07) is 7.72. The van der Waals surface area contributed by atoms with Crippen molar-refractivity contribution in [1.82, 2.24) is 4.98 Å². The summed E-state index contributed by atoms with van der Waals surface area (Å²) < 4.78 is 1.83. The van der Waals surface area contributed by atoms with E-state index in [1.807, 2.05) is 31.2 Å². The molecule has 0 aliphatic rings. The smallest absolute Gasteiger partial charge is 0.308 e. The molecule has 0 radical (unpaired) electrons. The van der Waals surface area contributed by atoms with E-state index in [1.54, 1.807) is 0 Å². The lowest BCUT2D eigenvalue weighted by molar-refractivity contribution is -0.148. The molecule has 0 saturated carbocycles. The number of thioether (sulfide) groups is 1. The third-order valence-corrected chi connectivity index (χ3v) is 5.79. The molecule has 1 aromatic carbocycles. The lowest BCUT2D eigenvalue weighted by atomic mass is 9.98. The third kappa shape index (κ3) is 4.20. The Kier molecular flexibility index (Phi) is 5.79. The molecule has 0 bridgehead atoms. The van der Waals surface area contributed by atoms with Crippen LogP contribution in [0.1, 0.15) is 26.2 Å². The summed E-state index contributed by atoms with van der Waals surface area (Å²) in [5.74, 6) is -3.05. The minimum Gasteiger partial charge on any atom is -0.481 e. The minimum atomic E-state index is -1.08. The van der Waals surface area contributed by atoms with E-state index < -0.39 is 17.9 Å². The summed E-state index contributed by atoms with van der Waals surface area (Å²) in [6.07, 6.45) is 1.08. The number of aliphatic carboxylic acids is 2. The molecule has 0 aliphatic carbocycles. The van der Waals surface area contributed by atoms with Gasteiger partial charge < -0.3 is 10.2 Å².